The Morgan fingerprint density at radius 3 is 2.76 bits per heavy atom. The standard InChI is InChI=1S/C15H20N6/c1-2-7-13-18-19-14(21(13)10-3-1)12-6-4-11-20(12)15-16-8-5-9-17-15/h5,8-9,12H,1-4,6-7,10-11H2/t12-/m1/s1. The lowest BCUT2D eigenvalue weighted by Crippen LogP contribution is -2.27. The molecule has 1 atom stereocenters. The van der Waals surface area contributed by atoms with Crippen LogP contribution in [-0.4, -0.2) is 31.3 Å². The lowest BCUT2D eigenvalue weighted by atomic mass is 10.2. The molecule has 4 rings (SSSR count). The molecule has 0 unspecified atom stereocenters. The SMILES string of the molecule is c1cnc(N2CCC[C@@H]2c2nnc3n2CCCCC3)nc1. The number of aromatic nitrogens is 5. The van der Waals surface area contributed by atoms with Gasteiger partial charge in [0.1, 0.15) is 5.82 Å². The maximum atomic E-state index is 4.51. The molecule has 1 saturated heterocycles. The minimum absolute atomic E-state index is 0.270. The average molecular weight is 284 g/mol. The van der Waals surface area contributed by atoms with Gasteiger partial charge in [-0.05, 0) is 31.7 Å². The van der Waals surface area contributed by atoms with Gasteiger partial charge in [0, 0.05) is 31.9 Å². The third-order valence-electron chi connectivity index (χ3n) is 4.50. The molecule has 2 aliphatic heterocycles. The second kappa shape index (κ2) is 5.42. The van der Waals surface area contributed by atoms with Crippen molar-refractivity contribution in [3.63, 3.8) is 0 Å². The van der Waals surface area contributed by atoms with Crippen LogP contribution < -0.4 is 4.90 Å². The van der Waals surface area contributed by atoms with E-state index in [2.05, 4.69) is 29.6 Å². The van der Waals surface area contributed by atoms with Crippen molar-refractivity contribution in [2.45, 2.75) is 51.1 Å². The summed E-state index contributed by atoms with van der Waals surface area (Å²) in [6.07, 6.45) is 10.7. The van der Waals surface area contributed by atoms with E-state index in [0.717, 1.165) is 49.9 Å². The van der Waals surface area contributed by atoms with Gasteiger partial charge in [-0.15, -0.1) is 10.2 Å². The van der Waals surface area contributed by atoms with Crippen molar-refractivity contribution in [2.75, 3.05) is 11.4 Å². The topological polar surface area (TPSA) is 59.7 Å². The minimum atomic E-state index is 0.270. The molecule has 0 spiro atoms. The smallest absolute Gasteiger partial charge is 0.225 e. The zero-order valence-corrected chi connectivity index (χ0v) is 12.1. The molecule has 0 aliphatic carbocycles. The first-order valence-corrected chi connectivity index (χ1v) is 7.89. The fraction of sp³-hybridized carbons (Fsp3) is 0.600. The predicted octanol–water partition coefficient (Wildman–Crippen LogP) is 2.14. The number of aryl methyl sites for hydroxylation is 1. The molecule has 21 heavy (non-hydrogen) atoms. The Kier molecular flexibility index (Phi) is 3.29. The zero-order chi connectivity index (χ0) is 14.1. The van der Waals surface area contributed by atoms with E-state index in [1.807, 2.05) is 18.5 Å². The molecule has 0 amide bonds. The molecule has 110 valence electrons. The summed E-state index contributed by atoms with van der Waals surface area (Å²) >= 11 is 0. The lowest BCUT2D eigenvalue weighted by molar-refractivity contribution is 0.556. The van der Waals surface area contributed by atoms with E-state index < -0.39 is 0 Å². The number of rotatable bonds is 2. The Balaban J connectivity index is 1.68. The van der Waals surface area contributed by atoms with Crippen LogP contribution in [0.1, 0.15) is 49.8 Å². The van der Waals surface area contributed by atoms with Gasteiger partial charge >= 0.3 is 0 Å². The quantitative estimate of drug-likeness (QED) is 0.845. The Labute approximate surface area is 124 Å². The predicted molar refractivity (Wildman–Crippen MR) is 78.9 cm³/mol. The first kappa shape index (κ1) is 12.7. The molecule has 0 aromatic carbocycles. The summed E-state index contributed by atoms with van der Waals surface area (Å²) in [5, 5.41) is 8.95. The Bertz CT molecular complexity index is 608. The highest BCUT2D eigenvalue weighted by Gasteiger charge is 2.32. The van der Waals surface area contributed by atoms with E-state index in [1.165, 1.54) is 19.3 Å². The van der Waals surface area contributed by atoms with Crippen LogP contribution in [0.2, 0.25) is 0 Å². The number of nitrogens with zero attached hydrogens (tertiary/aromatic N) is 6. The molecule has 0 radical (unpaired) electrons. The third kappa shape index (κ3) is 2.28. The molecule has 0 N–H and O–H groups in total. The van der Waals surface area contributed by atoms with Gasteiger partial charge in [0.05, 0.1) is 6.04 Å². The monoisotopic (exact) mass is 284 g/mol. The van der Waals surface area contributed by atoms with Crippen molar-refractivity contribution >= 4 is 5.95 Å². The molecule has 2 aliphatic rings. The van der Waals surface area contributed by atoms with Crippen molar-refractivity contribution in [1.82, 2.24) is 24.7 Å². The van der Waals surface area contributed by atoms with Crippen LogP contribution in [0.25, 0.3) is 0 Å². The van der Waals surface area contributed by atoms with E-state index in [-0.39, 0.29) is 6.04 Å². The van der Waals surface area contributed by atoms with E-state index in [4.69, 9.17) is 0 Å². The Morgan fingerprint density at radius 1 is 0.952 bits per heavy atom. The van der Waals surface area contributed by atoms with Gasteiger partial charge in [-0.3, -0.25) is 0 Å². The molecule has 6 heteroatoms. The first-order chi connectivity index (χ1) is 10.4. The number of fused-ring (bicyclic) bond motifs is 1. The highest BCUT2D eigenvalue weighted by atomic mass is 15.4. The van der Waals surface area contributed by atoms with Crippen molar-refractivity contribution in [3.8, 4) is 0 Å². The highest BCUT2D eigenvalue weighted by molar-refractivity contribution is 5.34. The summed E-state index contributed by atoms with van der Waals surface area (Å²) in [4.78, 5) is 11.1. The van der Waals surface area contributed by atoms with Crippen molar-refractivity contribution < 1.29 is 0 Å². The van der Waals surface area contributed by atoms with Gasteiger partial charge < -0.3 is 9.47 Å². The lowest BCUT2D eigenvalue weighted by Gasteiger charge is -2.24. The van der Waals surface area contributed by atoms with Crippen LogP contribution in [0, 0.1) is 0 Å². The fourth-order valence-corrected chi connectivity index (χ4v) is 3.47. The summed E-state index contributed by atoms with van der Waals surface area (Å²) in [5.41, 5.74) is 0. The summed E-state index contributed by atoms with van der Waals surface area (Å²) < 4.78 is 2.35. The largest absolute Gasteiger partial charge is 0.331 e. The molecule has 4 heterocycles. The molecule has 0 bridgehead atoms. The van der Waals surface area contributed by atoms with E-state index in [0.29, 0.717) is 0 Å². The van der Waals surface area contributed by atoms with E-state index >= 15 is 0 Å². The second-order valence-electron chi connectivity index (χ2n) is 5.84. The molecule has 0 saturated carbocycles. The fourth-order valence-electron chi connectivity index (χ4n) is 3.47. The maximum absolute atomic E-state index is 4.51. The molecule has 2 aromatic heterocycles. The Hall–Kier alpha value is -1.98. The van der Waals surface area contributed by atoms with Crippen LogP contribution in [0.4, 0.5) is 5.95 Å². The van der Waals surface area contributed by atoms with Crippen molar-refractivity contribution in [1.29, 1.82) is 0 Å². The average Bonchev–Trinajstić information content (AvgIpc) is 3.09. The number of hydrogen-bond acceptors (Lipinski definition) is 5. The van der Waals surface area contributed by atoms with Crippen molar-refractivity contribution in [3.05, 3.63) is 30.1 Å². The number of hydrogen-bond donors (Lipinski definition) is 0. The summed E-state index contributed by atoms with van der Waals surface area (Å²) in [7, 11) is 0. The minimum Gasteiger partial charge on any atom is -0.331 e. The molecular formula is C15H20N6. The van der Waals surface area contributed by atoms with Gasteiger partial charge in [0.15, 0.2) is 5.82 Å². The zero-order valence-electron chi connectivity index (χ0n) is 12.1. The summed E-state index contributed by atoms with van der Waals surface area (Å²) in [6, 6.07) is 2.13. The molecule has 6 nitrogen and oxygen atoms in total. The van der Waals surface area contributed by atoms with Crippen molar-refractivity contribution in [2.24, 2.45) is 0 Å². The van der Waals surface area contributed by atoms with Crippen LogP contribution in [-0.2, 0) is 13.0 Å². The molecule has 1 fully saturated rings. The normalized spacial score (nSPS) is 22.1. The van der Waals surface area contributed by atoms with Crippen LogP contribution in [0.3, 0.4) is 0 Å². The summed E-state index contributed by atoms with van der Waals surface area (Å²) in [6.45, 7) is 2.05. The first-order valence-electron chi connectivity index (χ1n) is 7.89. The van der Waals surface area contributed by atoms with Gasteiger partial charge in [0.2, 0.25) is 5.95 Å². The molecule has 2 aromatic rings. The summed E-state index contributed by atoms with van der Waals surface area (Å²) in [5.74, 6) is 3.08. The van der Waals surface area contributed by atoms with Gasteiger partial charge in [-0.25, -0.2) is 9.97 Å². The van der Waals surface area contributed by atoms with Gasteiger partial charge in [-0.2, -0.15) is 0 Å². The van der Waals surface area contributed by atoms with Crippen LogP contribution >= 0.6 is 0 Å². The highest BCUT2D eigenvalue weighted by Crippen LogP contribution is 2.34. The number of anilines is 1. The van der Waals surface area contributed by atoms with Crippen LogP contribution in [0.5, 0.6) is 0 Å². The van der Waals surface area contributed by atoms with E-state index in [1.54, 1.807) is 0 Å². The third-order valence-corrected chi connectivity index (χ3v) is 4.50. The Morgan fingerprint density at radius 2 is 1.86 bits per heavy atom. The molecular weight excluding hydrogens is 264 g/mol. The van der Waals surface area contributed by atoms with Gasteiger partial charge in [-0.1, -0.05) is 6.42 Å². The van der Waals surface area contributed by atoms with Crippen LogP contribution in [0.15, 0.2) is 18.5 Å². The maximum Gasteiger partial charge on any atom is 0.225 e. The van der Waals surface area contributed by atoms with E-state index in [9.17, 15) is 0 Å². The van der Waals surface area contributed by atoms with Gasteiger partial charge in [0.25, 0.3) is 0 Å². The second-order valence-corrected chi connectivity index (χ2v) is 5.84.